The zero-order valence-corrected chi connectivity index (χ0v) is 19.4. The first-order chi connectivity index (χ1) is 17.0. The van der Waals surface area contributed by atoms with Crippen molar-refractivity contribution >= 4 is 23.7 Å². The summed E-state index contributed by atoms with van der Waals surface area (Å²) in [6.07, 6.45) is 2.04. The number of alkyl carbamates (subject to hydrolysis) is 1. The highest BCUT2D eigenvalue weighted by molar-refractivity contribution is 5.98. The number of benzene rings is 2. The molecule has 35 heavy (non-hydrogen) atoms. The smallest absolute Gasteiger partial charge is 0.407 e. The normalized spacial score (nSPS) is 12.8. The highest BCUT2D eigenvalue weighted by atomic mass is 16.5. The summed E-state index contributed by atoms with van der Waals surface area (Å²) in [7, 11) is 0. The summed E-state index contributed by atoms with van der Waals surface area (Å²) in [6, 6.07) is 18.3. The van der Waals surface area contributed by atoms with Crippen LogP contribution in [0.1, 0.15) is 36.8 Å². The molecule has 0 aliphatic heterocycles. The number of amides is 2. The molecule has 1 aliphatic rings. The number of ether oxygens (including phenoxy) is 1. The van der Waals surface area contributed by atoms with Gasteiger partial charge in [0.2, 0.25) is 5.91 Å². The van der Waals surface area contributed by atoms with Crippen molar-refractivity contribution in [3.63, 3.8) is 0 Å². The van der Waals surface area contributed by atoms with Crippen LogP contribution in [0.15, 0.2) is 73.1 Å². The van der Waals surface area contributed by atoms with Crippen LogP contribution < -0.4 is 10.2 Å². The van der Waals surface area contributed by atoms with E-state index in [-0.39, 0.29) is 25.4 Å². The summed E-state index contributed by atoms with van der Waals surface area (Å²) >= 11 is 0. The van der Waals surface area contributed by atoms with E-state index < -0.39 is 24.0 Å². The number of hydrogen-bond donors (Lipinski definition) is 2. The zero-order valence-electron chi connectivity index (χ0n) is 19.4. The molecule has 3 aromatic rings. The lowest BCUT2D eigenvalue weighted by atomic mass is 9.98. The lowest BCUT2D eigenvalue weighted by Gasteiger charge is -2.26. The molecule has 0 bridgehead atoms. The van der Waals surface area contributed by atoms with Crippen molar-refractivity contribution in [3.8, 4) is 11.1 Å². The molecule has 0 radical (unpaired) electrons. The van der Waals surface area contributed by atoms with Gasteiger partial charge < -0.3 is 20.1 Å². The number of hydrogen-bond acceptors (Lipinski definition) is 5. The van der Waals surface area contributed by atoms with Crippen LogP contribution in [-0.4, -0.2) is 47.3 Å². The summed E-state index contributed by atoms with van der Waals surface area (Å²) in [5.41, 5.74) is 5.00. The zero-order chi connectivity index (χ0) is 24.8. The van der Waals surface area contributed by atoms with Crippen LogP contribution in [0.5, 0.6) is 0 Å². The number of anilines is 1. The average molecular weight is 474 g/mol. The number of rotatable bonds is 9. The van der Waals surface area contributed by atoms with Crippen LogP contribution in [0.4, 0.5) is 10.5 Å². The van der Waals surface area contributed by atoms with Crippen molar-refractivity contribution in [2.45, 2.75) is 31.7 Å². The topological polar surface area (TPSA) is 109 Å². The summed E-state index contributed by atoms with van der Waals surface area (Å²) in [6.45, 7) is 2.25. The van der Waals surface area contributed by atoms with Crippen LogP contribution in [-0.2, 0) is 14.3 Å². The second-order valence-electron chi connectivity index (χ2n) is 8.24. The van der Waals surface area contributed by atoms with Crippen molar-refractivity contribution in [3.05, 3.63) is 84.2 Å². The summed E-state index contributed by atoms with van der Waals surface area (Å²) < 4.78 is 5.57. The number of carbonyl (C=O) groups is 3. The first-order valence-electron chi connectivity index (χ1n) is 11.5. The number of carboxylic acids is 1. The lowest BCUT2D eigenvalue weighted by molar-refractivity contribution is -0.137. The number of pyridine rings is 1. The Balaban J connectivity index is 1.47. The van der Waals surface area contributed by atoms with Gasteiger partial charge in [-0.15, -0.1) is 0 Å². The van der Waals surface area contributed by atoms with Crippen molar-refractivity contribution in [1.82, 2.24) is 10.3 Å². The maximum Gasteiger partial charge on any atom is 0.407 e. The molecule has 1 atom stereocenters. The summed E-state index contributed by atoms with van der Waals surface area (Å²) in [5, 5.41) is 11.7. The first-order valence-corrected chi connectivity index (χ1v) is 11.5. The molecule has 0 fully saturated rings. The number of nitrogens with zero attached hydrogens (tertiary/aromatic N) is 2. The molecule has 1 heterocycles. The van der Waals surface area contributed by atoms with Gasteiger partial charge in [0.05, 0.1) is 0 Å². The minimum absolute atomic E-state index is 0.0556. The Hall–Kier alpha value is -4.20. The third-order valence-electron chi connectivity index (χ3n) is 6.14. The molecule has 2 amide bonds. The Morgan fingerprint density at radius 1 is 1.00 bits per heavy atom. The van der Waals surface area contributed by atoms with Crippen LogP contribution in [0.2, 0.25) is 0 Å². The Morgan fingerprint density at radius 2 is 1.60 bits per heavy atom. The van der Waals surface area contributed by atoms with Gasteiger partial charge in [0.25, 0.3) is 0 Å². The molecule has 4 rings (SSSR count). The number of carbonyl (C=O) groups excluding carboxylic acids is 2. The molecule has 1 aliphatic carbocycles. The van der Waals surface area contributed by atoms with Crippen molar-refractivity contribution in [2.24, 2.45) is 0 Å². The van der Waals surface area contributed by atoms with Gasteiger partial charge in [-0.1, -0.05) is 48.5 Å². The van der Waals surface area contributed by atoms with Crippen LogP contribution in [0.25, 0.3) is 11.1 Å². The lowest BCUT2D eigenvalue weighted by Crippen LogP contribution is -2.49. The van der Waals surface area contributed by atoms with Gasteiger partial charge in [0.15, 0.2) is 0 Å². The van der Waals surface area contributed by atoms with Crippen molar-refractivity contribution in [1.29, 1.82) is 0 Å². The quantitative estimate of drug-likeness (QED) is 0.482. The average Bonchev–Trinajstić information content (AvgIpc) is 3.20. The van der Waals surface area contributed by atoms with Crippen LogP contribution >= 0.6 is 0 Å². The first kappa shape index (κ1) is 23.9. The van der Waals surface area contributed by atoms with Gasteiger partial charge in [-0.05, 0) is 47.7 Å². The second-order valence-corrected chi connectivity index (χ2v) is 8.24. The maximum absolute atomic E-state index is 13.3. The van der Waals surface area contributed by atoms with E-state index in [1.54, 1.807) is 31.5 Å². The van der Waals surface area contributed by atoms with E-state index in [9.17, 15) is 14.4 Å². The third-order valence-corrected chi connectivity index (χ3v) is 6.14. The van der Waals surface area contributed by atoms with E-state index in [1.807, 2.05) is 48.5 Å². The van der Waals surface area contributed by atoms with Gasteiger partial charge in [-0.25, -0.2) is 4.79 Å². The van der Waals surface area contributed by atoms with E-state index in [1.165, 1.54) is 4.90 Å². The van der Waals surface area contributed by atoms with Crippen molar-refractivity contribution < 1.29 is 24.2 Å². The monoisotopic (exact) mass is 473 g/mol. The van der Waals surface area contributed by atoms with E-state index in [0.29, 0.717) is 12.2 Å². The summed E-state index contributed by atoms with van der Waals surface area (Å²) in [5.74, 6) is -1.58. The largest absolute Gasteiger partial charge is 0.481 e. The Kier molecular flexibility index (Phi) is 7.40. The molecule has 8 nitrogen and oxygen atoms in total. The van der Waals surface area contributed by atoms with Gasteiger partial charge in [0, 0.05) is 37.0 Å². The van der Waals surface area contributed by atoms with E-state index in [4.69, 9.17) is 9.84 Å². The molecule has 0 saturated carbocycles. The number of likely N-dealkylation sites (N-methyl/N-ethyl adjacent to an activating group) is 1. The maximum atomic E-state index is 13.3. The molecule has 1 aromatic heterocycles. The predicted octanol–water partition coefficient (Wildman–Crippen LogP) is 4.21. The highest BCUT2D eigenvalue weighted by Crippen LogP contribution is 2.44. The molecular weight excluding hydrogens is 446 g/mol. The van der Waals surface area contributed by atoms with E-state index in [0.717, 1.165) is 22.3 Å². The molecule has 2 aromatic carbocycles. The number of fused-ring (bicyclic) bond motifs is 3. The van der Waals surface area contributed by atoms with E-state index >= 15 is 0 Å². The molecular formula is C27H27N3O5. The minimum atomic E-state index is -1.05. The Morgan fingerprint density at radius 3 is 2.17 bits per heavy atom. The molecule has 8 heteroatoms. The molecule has 1 unspecified atom stereocenters. The fourth-order valence-corrected chi connectivity index (χ4v) is 4.49. The summed E-state index contributed by atoms with van der Waals surface area (Å²) in [4.78, 5) is 42.6. The highest BCUT2D eigenvalue weighted by Gasteiger charge is 2.31. The molecule has 0 saturated heterocycles. The van der Waals surface area contributed by atoms with E-state index in [2.05, 4.69) is 10.3 Å². The minimum Gasteiger partial charge on any atom is -0.481 e. The number of aromatic nitrogens is 1. The van der Waals surface area contributed by atoms with Crippen LogP contribution in [0.3, 0.4) is 0 Å². The Bertz CT molecular complexity index is 1170. The fourth-order valence-electron chi connectivity index (χ4n) is 4.49. The third kappa shape index (κ3) is 5.32. The molecule has 0 spiro atoms. The van der Waals surface area contributed by atoms with Gasteiger partial charge in [0.1, 0.15) is 12.6 Å². The SMILES string of the molecule is CCN(C(=O)C(CCC(=O)O)NC(=O)OCC1c2ccccc2-c2ccccc21)c1ccncc1. The second kappa shape index (κ2) is 10.8. The number of aliphatic carboxylic acids is 1. The van der Waals surface area contributed by atoms with Gasteiger partial charge in [-0.3, -0.25) is 14.6 Å². The predicted molar refractivity (Wildman–Crippen MR) is 131 cm³/mol. The van der Waals surface area contributed by atoms with Crippen molar-refractivity contribution in [2.75, 3.05) is 18.1 Å². The molecule has 180 valence electrons. The Labute approximate surface area is 203 Å². The molecule has 2 N–H and O–H groups in total. The van der Waals surface area contributed by atoms with Gasteiger partial charge >= 0.3 is 12.1 Å². The number of nitrogens with one attached hydrogen (secondary N) is 1. The fraction of sp³-hybridized carbons (Fsp3) is 0.259. The van der Waals surface area contributed by atoms with Gasteiger partial charge in [-0.2, -0.15) is 0 Å². The number of carboxylic acid groups (broad SMARTS) is 1. The standard InChI is InChI=1S/C27H27N3O5/c1-2-30(18-13-15-28-16-14-18)26(33)24(11-12-25(31)32)29-27(34)35-17-23-21-9-5-3-7-19(21)20-8-4-6-10-22(20)23/h3-10,13-16,23-24H,2,11-12,17H2,1H3,(H,29,34)(H,31,32). The van der Waals surface area contributed by atoms with Crippen LogP contribution in [0, 0.1) is 0 Å².